The fourth-order valence-corrected chi connectivity index (χ4v) is 5.24. The zero-order valence-corrected chi connectivity index (χ0v) is 18.2. The normalized spacial score (nSPS) is 30.9. The molecule has 6 atom stereocenters. The molecule has 7 N–H and O–H groups in total. The summed E-state index contributed by atoms with van der Waals surface area (Å²) in [6.45, 7) is -3.73. The maximum atomic E-state index is 12.0. The molecule has 1 aliphatic heterocycles. The van der Waals surface area contributed by atoms with Crippen LogP contribution in [-0.2, 0) is 31.6 Å². The number of phosphoric ester groups is 1. The minimum atomic E-state index is -6.09. The largest absolute Gasteiger partial charge is 0.490 e. The molecule has 0 saturated carbocycles. The van der Waals surface area contributed by atoms with Gasteiger partial charge in [-0.25, -0.2) is 23.3 Å². The van der Waals surface area contributed by atoms with E-state index in [4.69, 9.17) is 33.8 Å². The standard InChI is InChI=1S/C10H13ClN3O15P3/c11-2-1-10(18)6(15)5(27-7(10)14-4-12-8(16)13-9(14)17)3-26-31(22,23)29-32(24,25)28-30(19,20)21/h4-7,15,18H,3H2,(H,22,23)(H,24,25)(H,13,16,17)(H2,19,20,21)/t5-,6+,7-,10?/m1/s1/i3D2. The van der Waals surface area contributed by atoms with Crippen molar-refractivity contribution in [3.63, 3.8) is 0 Å². The van der Waals surface area contributed by atoms with Gasteiger partial charge in [-0.1, -0.05) is 0 Å². The average molecular weight is 546 g/mol. The fourth-order valence-electron chi connectivity index (χ4n) is 2.21. The summed E-state index contributed by atoms with van der Waals surface area (Å²) in [7, 11) is -17.8. The van der Waals surface area contributed by atoms with E-state index >= 15 is 0 Å². The van der Waals surface area contributed by atoms with Crippen molar-refractivity contribution < 1.29 is 64.1 Å². The minimum absolute atomic E-state index is 0.340. The molecule has 0 aliphatic carbocycles. The molecule has 1 aliphatic rings. The van der Waals surface area contributed by atoms with Gasteiger partial charge in [0.25, 0.3) is 0 Å². The monoisotopic (exact) mass is 545 g/mol. The Hall–Kier alpha value is -1.25. The Labute approximate surface area is 183 Å². The van der Waals surface area contributed by atoms with Gasteiger partial charge in [-0.3, -0.25) is 14.1 Å². The zero-order valence-electron chi connectivity index (χ0n) is 16.8. The highest BCUT2D eigenvalue weighted by Crippen LogP contribution is 2.66. The lowest BCUT2D eigenvalue weighted by Crippen LogP contribution is -2.48. The number of halogens is 1. The third-order valence-electron chi connectivity index (χ3n) is 3.34. The molecular formula is C10H13ClN3O15P3. The molecule has 1 fully saturated rings. The number of hydrogen-bond donors (Lipinski definition) is 7. The van der Waals surface area contributed by atoms with Crippen molar-refractivity contribution >= 4 is 35.1 Å². The van der Waals surface area contributed by atoms with E-state index < -0.39 is 65.4 Å². The molecule has 18 nitrogen and oxygen atoms in total. The van der Waals surface area contributed by atoms with Crippen LogP contribution in [0.1, 0.15) is 8.97 Å². The van der Waals surface area contributed by atoms with Crippen LogP contribution in [0.15, 0.2) is 15.9 Å². The maximum Gasteiger partial charge on any atom is 0.490 e. The van der Waals surface area contributed by atoms with Crippen molar-refractivity contribution in [3.05, 3.63) is 27.3 Å². The highest BCUT2D eigenvalue weighted by molar-refractivity contribution is 7.66. The Bertz CT molecular complexity index is 1270. The molecule has 2 rings (SSSR count). The number of rotatable bonds is 8. The van der Waals surface area contributed by atoms with Gasteiger partial charge in [-0.05, 0) is 17.5 Å². The maximum absolute atomic E-state index is 12.0. The summed E-state index contributed by atoms with van der Waals surface area (Å²) in [5, 5.41) is 22.8. The number of hydrogen-bond acceptors (Lipinski definition) is 12. The summed E-state index contributed by atoms with van der Waals surface area (Å²) in [5.41, 5.74) is -5.37. The smallest absolute Gasteiger partial charge is 0.386 e. The van der Waals surface area contributed by atoms with Gasteiger partial charge in [0, 0.05) is 5.38 Å². The van der Waals surface area contributed by atoms with Crippen molar-refractivity contribution in [1.29, 1.82) is 0 Å². The molecule has 3 unspecified atom stereocenters. The predicted octanol–water partition coefficient (Wildman–Crippen LogP) is -2.54. The molecule has 180 valence electrons. The van der Waals surface area contributed by atoms with Crippen molar-refractivity contribution in [3.8, 4) is 11.3 Å². The number of nitrogens with one attached hydrogen (secondary N) is 1. The molecule has 32 heavy (non-hydrogen) atoms. The van der Waals surface area contributed by atoms with E-state index in [0.29, 0.717) is 10.9 Å². The van der Waals surface area contributed by atoms with E-state index in [1.807, 2.05) is 5.92 Å². The van der Waals surface area contributed by atoms with Crippen LogP contribution in [0.25, 0.3) is 0 Å². The van der Waals surface area contributed by atoms with E-state index in [0.717, 1.165) is 0 Å². The number of aliphatic hydroxyl groups is 2. The molecule has 0 radical (unpaired) electrons. The van der Waals surface area contributed by atoms with Crippen molar-refractivity contribution in [1.82, 2.24) is 14.5 Å². The van der Waals surface area contributed by atoms with E-state index in [-0.39, 0.29) is 0 Å². The first kappa shape index (κ1) is 23.9. The van der Waals surface area contributed by atoms with Crippen LogP contribution in [-0.4, -0.2) is 68.7 Å². The van der Waals surface area contributed by atoms with Crippen LogP contribution in [0.3, 0.4) is 0 Å². The van der Waals surface area contributed by atoms with E-state index in [9.17, 15) is 38.4 Å². The highest BCUT2D eigenvalue weighted by atomic mass is 35.5. The van der Waals surface area contributed by atoms with Crippen molar-refractivity contribution in [2.24, 2.45) is 0 Å². The lowest BCUT2D eigenvalue weighted by Gasteiger charge is -2.25. The first-order chi connectivity index (χ1) is 15.2. The number of aromatic nitrogens is 3. The number of aromatic amines is 1. The predicted molar refractivity (Wildman–Crippen MR) is 97.4 cm³/mol. The van der Waals surface area contributed by atoms with Gasteiger partial charge in [0.15, 0.2) is 6.23 Å². The lowest BCUT2D eigenvalue weighted by atomic mass is 9.95. The topological polar surface area (TPSA) is 277 Å². The third kappa shape index (κ3) is 6.64. The van der Waals surface area contributed by atoms with Crippen LogP contribution in [0.2, 0.25) is 0 Å². The second-order valence-corrected chi connectivity index (χ2v) is 10.1. The van der Waals surface area contributed by atoms with Crippen molar-refractivity contribution in [2.75, 3.05) is 6.56 Å². The van der Waals surface area contributed by atoms with Crippen LogP contribution in [0, 0.1) is 11.3 Å². The number of ether oxygens (including phenoxy) is 1. The Morgan fingerprint density at radius 3 is 2.44 bits per heavy atom. The average Bonchev–Trinajstić information content (AvgIpc) is 2.83. The molecule has 1 saturated heterocycles. The minimum Gasteiger partial charge on any atom is -0.386 e. The van der Waals surface area contributed by atoms with Crippen LogP contribution in [0.4, 0.5) is 0 Å². The van der Waals surface area contributed by atoms with Gasteiger partial charge in [-0.2, -0.15) is 13.6 Å². The summed E-state index contributed by atoms with van der Waals surface area (Å²) >= 11 is 5.23. The zero-order chi connectivity index (χ0) is 26.3. The summed E-state index contributed by atoms with van der Waals surface area (Å²) in [6, 6.07) is 0. The first-order valence-corrected chi connectivity index (χ1v) is 12.3. The summed E-state index contributed by atoms with van der Waals surface area (Å²) < 4.78 is 65.9. The second-order valence-electron chi connectivity index (χ2n) is 5.59. The van der Waals surface area contributed by atoms with E-state index in [1.165, 1.54) is 0 Å². The molecule has 2 heterocycles. The fraction of sp³-hybridized carbons (Fsp3) is 0.500. The highest BCUT2D eigenvalue weighted by Gasteiger charge is 2.57. The van der Waals surface area contributed by atoms with Gasteiger partial charge in [0.05, 0.1) is 9.30 Å². The van der Waals surface area contributed by atoms with Crippen LogP contribution in [0.5, 0.6) is 0 Å². The number of phosphoric acid groups is 3. The molecule has 1 aromatic heterocycles. The SMILES string of the molecule is [2H]C([2H])(OP(=O)(O)OP(=O)(O)OP(=O)(O)O)[C@H]1O[C@@H](n2cnc(=O)[nH]c2=O)C(O)(C#CCl)[C@H]1O. The second kappa shape index (κ2) is 9.55. The molecule has 0 amide bonds. The molecule has 1 aromatic rings. The number of aliphatic hydroxyl groups excluding tert-OH is 1. The molecular weight excluding hydrogens is 530 g/mol. The Kier molecular flexibility index (Phi) is 7.13. The Morgan fingerprint density at radius 1 is 1.28 bits per heavy atom. The number of nitrogens with zero attached hydrogens (tertiary/aromatic N) is 2. The Morgan fingerprint density at radius 2 is 1.91 bits per heavy atom. The van der Waals surface area contributed by atoms with Gasteiger partial charge >= 0.3 is 34.8 Å². The van der Waals surface area contributed by atoms with E-state index in [2.05, 4.69) is 18.1 Å². The lowest BCUT2D eigenvalue weighted by molar-refractivity contribution is -0.0767. The first-order valence-electron chi connectivity index (χ1n) is 8.44. The van der Waals surface area contributed by atoms with Gasteiger partial charge in [0.2, 0.25) is 5.60 Å². The number of H-pyrrole nitrogens is 1. The van der Waals surface area contributed by atoms with Crippen LogP contribution >= 0.6 is 35.1 Å². The summed E-state index contributed by atoms with van der Waals surface area (Å²) in [5.74, 6) is 1.83. The summed E-state index contributed by atoms with van der Waals surface area (Å²) in [6.07, 6.45) is -6.73. The summed E-state index contributed by atoms with van der Waals surface area (Å²) in [4.78, 5) is 63.8. The quantitative estimate of drug-likeness (QED) is 0.131. The third-order valence-corrected chi connectivity index (χ3v) is 7.10. The van der Waals surface area contributed by atoms with E-state index in [1.54, 1.807) is 10.4 Å². The molecule has 0 spiro atoms. The van der Waals surface area contributed by atoms with Crippen LogP contribution < -0.4 is 11.4 Å². The molecule has 0 bridgehead atoms. The molecule has 22 heteroatoms. The Balaban J connectivity index is 2.41. The van der Waals surface area contributed by atoms with Gasteiger partial charge in [-0.15, -0.1) is 0 Å². The van der Waals surface area contributed by atoms with Crippen molar-refractivity contribution in [2.45, 2.75) is 24.0 Å². The van der Waals surface area contributed by atoms with Gasteiger partial charge in [0.1, 0.15) is 18.5 Å². The molecule has 0 aromatic carbocycles. The van der Waals surface area contributed by atoms with Gasteiger partial charge < -0.3 is 34.5 Å².